The van der Waals surface area contributed by atoms with E-state index in [1.807, 2.05) is 48.7 Å². The molecule has 4 aromatic rings. The lowest BCUT2D eigenvalue weighted by Gasteiger charge is -2.06. The van der Waals surface area contributed by atoms with Gasteiger partial charge in [-0.05, 0) is 54.6 Å². The average Bonchev–Trinajstić information content (AvgIpc) is 2.61. The fourth-order valence-electron chi connectivity index (χ4n) is 2.69. The molecule has 106 valence electrons. The van der Waals surface area contributed by atoms with E-state index < -0.39 is 0 Å². The Kier molecular flexibility index (Phi) is 2.97. The maximum absolute atomic E-state index is 5.20. The van der Waals surface area contributed by atoms with Crippen LogP contribution in [0.1, 0.15) is 0 Å². The SMILES string of the molecule is COc1ccc(-c2ccc3c(ccc4ncccc43)n2)cc1. The fourth-order valence-corrected chi connectivity index (χ4v) is 2.69. The summed E-state index contributed by atoms with van der Waals surface area (Å²) in [6.07, 6.45) is 1.81. The smallest absolute Gasteiger partial charge is 0.118 e. The lowest BCUT2D eigenvalue weighted by Crippen LogP contribution is -1.88. The van der Waals surface area contributed by atoms with E-state index in [0.29, 0.717) is 0 Å². The molecule has 0 saturated carbocycles. The quantitative estimate of drug-likeness (QED) is 0.510. The van der Waals surface area contributed by atoms with Crippen LogP contribution in [-0.4, -0.2) is 17.1 Å². The van der Waals surface area contributed by atoms with E-state index in [0.717, 1.165) is 38.8 Å². The van der Waals surface area contributed by atoms with Gasteiger partial charge >= 0.3 is 0 Å². The predicted molar refractivity (Wildman–Crippen MR) is 89.0 cm³/mol. The van der Waals surface area contributed by atoms with E-state index in [1.165, 1.54) is 0 Å². The number of pyridine rings is 2. The largest absolute Gasteiger partial charge is 0.497 e. The minimum absolute atomic E-state index is 0.849. The molecule has 0 N–H and O–H groups in total. The summed E-state index contributed by atoms with van der Waals surface area (Å²) in [6.45, 7) is 0. The van der Waals surface area contributed by atoms with Crippen LogP contribution < -0.4 is 4.74 Å². The molecule has 3 heteroatoms. The van der Waals surface area contributed by atoms with Gasteiger partial charge in [0.1, 0.15) is 5.75 Å². The van der Waals surface area contributed by atoms with Crippen LogP contribution in [-0.2, 0) is 0 Å². The molecule has 0 atom stereocenters. The van der Waals surface area contributed by atoms with Crippen LogP contribution in [0.15, 0.2) is 66.9 Å². The van der Waals surface area contributed by atoms with Gasteiger partial charge in [0.2, 0.25) is 0 Å². The van der Waals surface area contributed by atoms with Crippen molar-refractivity contribution in [2.45, 2.75) is 0 Å². The molecule has 2 heterocycles. The molecule has 0 radical (unpaired) electrons. The lowest BCUT2D eigenvalue weighted by molar-refractivity contribution is 0.415. The molecular weight excluding hydrogens is 272 g/mol. The number of ether oxygens (including phenoxy) is 1. The van der Waals surface area contributed by atoms with Crippen LogP contribution >= 0.6 is 0 Å². The number of fused-ring (bicyclic) bond motifs is 3. The molecule has 0 aliphatic carbocycles. The van der Waals surface area contributed by atoms with Crippen LogP contribution in [0, 0.1) is 0 Å². The fraction of sp³-hybridized carbons (Fsp3) is 0.0526. The first-order valence-electron chi connectivity index (χ1n) is 7.14. The Morgan fingerprint density at radius 2 is 1.55 bits per heavy atom. The van der Waals surface area contributed by atoms with E-state index in [2.05, 4.69) is 23.2 Å². The summed E-state index contributed by atoms with van der Waals surface area (Å²) < 4.78 is 5.20. The number of benzene rings is 2. The second kappa shape index (κ2) is 5.11. The topological polar surface area (TPSA) is 35.0 Å². The molecule has 0 amide bonds. The van der Waals surface area contributed by atoms with E-state index in [9.17, 15) is 0 Å². The molecule has 0 spiro atoms. The van der Waals surface area contributed by atoms with Gasteiger partial charge < -0.3 is 4.74 Å². The molecule has 0 unspecified atom stereocenters. The lowest BCUT2D eigenvalue weighted by atomic mass is 10.1. The van der Waals surface area contributed by atoms with Gasteiger partial charge in [-0.1, -0.05) is 6.07 Å². The maximum Gasteiger partial charge on any atom is 0.118 e. The Morgan fingerprint density at radius 3 is 2.36 bits per heavy atom. The standard InChI is InChI=1S/C19H14N2O/c1-22-14-6-4-13(5-7-14)17-9-8-16-15-3-2-12-20-18(15)10-11-19(16)21-17/h2-12H,1H3. The van der Waals surface area contributed by atoms with Crippen LogP contribution in [0.2, 0.25) is 0 Å². The Hall–Kier alpha value is -2.94. The summed E-state index contributed by atoms with van der Waals surface area (Å²) in [7, 11) is 1.67. The van der Waals surface area contributed by atoms with E-state index in [-0.39, 0.29) is 0 Å². The molecule has 2 aromatic heterocycles. The number of methoxy groups -OCH3 is 1. The van der Waals surface area contributed by atoms with E-state index in [4.69, 9.17) is 9.72 Å². The number of aromatic nitrogens is 2. The zero-order valence-electron chi connectivity index (χ0n) is 12.2. The predicted octanol–water partition coefficient (Wildman–Crippen LogP) is 4.46. The molecule has 0 bridgehead atoms. The van der Waals surface area contributed by atoms with Crippen LogP contribution in [0.25, 0.3) is 33.1 Å². The summed E-state index contributed by atoms with van der Waals surface area (Å²) in [5.74, 6) is 0.849. The molecule has 3 nitrogen and oxygen atoms in total. The highest BCUT2D eigenvalue weighted by molar-refractivity contribution is 6.05. The van der Waals surface area contributed by atoms with Gasteiger partial charge in [0.05, 0.1) is 23.8 Å². The van der Waals surface area contributed by atoms with Crippen LogP contribution in [0.3, 0.4) is 0 Å². The minimum atomic E-state index is 0.849. The summed E-state index contributed by atoms with van der Waals surface area (Å²) in [5.41, 5.74) is 4.01. The highest BCUT2D eigenvalue weighted by atomic mass is 16.5. The van der Waals surface area contributed by atoms with Gasteiger partial charge in [0, 0.05) is 22.5 Å². The monoisotopic (exact) mass is 286 g/mol. The van der Waals surface area contributed by atoms with Gasteiger partial charge in [-0.2, -0.15) is 0 Å². The molecule has 0 fully saturated rings. The van der Waals surface area contributed by atoms with Crippen molar-refractivity contribution in [1.29, 1.82) is 0 Å². The Balaban J connectivity index is 1.88. The van der Waals surface area contributed by atoms with Crippen LogP contribution in [0.5, 0.6) is 5.75 Å². The molecular formula is C19H14N2O. The van der Waals surface area contributed by atoms with Crippen molar-refractivity contribution in [3.8, 4) is 17.0 Å². The normalized spacial score (nSPS) is 11.0. The molecule has 2 aromatic carbocycles. The van der Waals surface area contributed by atoms with Crippen molar-refractivity contribution in [1.82, 2.24) is 9.97 Å². The highest BCUT2D eigenvalue weighted by Crippen LogP contribution is 2.27. The molecule has 0 saturated heterocycles. The van der Waals surface area contributed by atoms with Crippen molar-refractivity contribution >= 4 is 21.8 Å². The van der Waals surface area contributed by atoms with Gasteiger partial charge in [0.15, 0.2) is 0 Å². The second-order valence-electron chi connectivity index (χ2n) is 5.13. The number of hydrogen-bond acceptors (Lipinski definition) is 3. The zero-order chi connectivity index (χ0) is 14.9. The van der Waals surface area contributed by atoms with Crippen LogP contribution in [0.4, 0.5) is 0 Å². The minimum Gasteiger partial charge on any atom is -0.497 e. The first-order valence-corrected chi connectivity index (χ1v) is 7.14. The zero-order valence-corrected chi connectivity index (χ0v) is 12.2. The van der Waals surface area contributed by atoms with Gasteiger partial charge in [-0.3, -0.25) is 4.98 Å². The number of hydrogen-bond donors (Lipinski definition) is 0. The van der Waals surface area contributed by atoms with Gasteiger partial charge in [-0.25, -0.2) is 4.98 Å². The molecule has 0 aliphatic rings. The first-order chi connectivity index (χ1) is 10.8. The Labute approximate surface area is 128 Å². The van der Waals surface area contributed by atoms with Crippen molar-refractivity contribution in [2.24, 2.45) is 0 Å². The van der Waals surface area contributed by atoms with E-state index in [1.54, 1.807) is 7.11 Å². The van der Waals surface area contributed by atoms with E-state index >= 15 is 0 Å². The second-order valence-corrected chi connectivity index (χ2v) is 5.13. The maximum atomic E-state index is 5.20. The molecule has 22 heavy (non-hydrogen) atoms. The van der Waals surface area contributed by atoms with Crippen molar-refractivity contribution in [3.63, 3.8) is 0 Å². The molecule has 4 rings (SSSR count). The third-order valence-corrected chi connectivity index (χ3v) is 3.84. The molecule has 0 aliphatic heterocycles. The number of nitrogens with zero attached hydrogens (tertiary/aromatic N) is 2. The first kappa shape index (κ1) is 12.8. The summed E-state index contributed by atoms with van der Waals surface area (Å²) in [6, 6.07) is 20.2. The van der Waals surface area contributed by atoms with Gasteiger partial charge in [0.25, 0.3) is 0 Å². The van der Waals surface area contributed by atoms with Crippen molar-refractivity contribution < 1.29 is 4.74 Å². The number of rotatable bonds is 2. The summed E-state index contributed by atoms with van der Waals surface area (Å²) in [4.78, 5) is 9.17. The van der Waals surface area contributed by atoms with Gasteiger partial charge in [-0.15, -0.1) is 0 Å². The summed E-state index contributed by atoms with van der Waals surface area (Å²) in [5, 5.41) is 2.26. The third kappa shape index (κ3) is 2.07. The van der Waals surface area contributed by atoms with Crippen molar-refractivity contribution in [3.05, 3.63) is 66.9 Å². The third-order valence-electron chi connectivity index (χ3n) is 3.84. The Morgan fingerprint density at radius 1 is 0.773 bits per heavy atom. The Bertz CT molecular complexity index is 962. The van der Waals surface area contributed by atoms with Crippen molar-refractivity contribution in [2.75, 3.05) is 7.11 Å². The average molecular weight is 286 g/mol. The highest BCUT2D eigenvalue weighted by Gasteiger charge is 2.05. The summed E-state index contributed by atoms with van der Waals surface area (Å²) >= 11 is 0.